The quantitative estimate of drug-likeness (QED) is 0.754. The second-order valence-electron chi connectivity index (χ2n) is 3.87. The van der Waals surface area contributed by atoms with Gasteiger partial charge in [-0.05, 0) is 37.1 Å². The van der Waals surface area contributed by atoms with Crippen LogP contribution in [-0.2, 0) is 4.74 Å². The largest absolute Gasteiger partial charge is 0.464 e. The zero-order valence-corrected chi connectivity index (χ0v) is 9.94. The Kier molecular flexibility index (Phi) is 2.67. The number of esters is 1. The minimum Gasteiger partial charge on any atom is -0.464 e. The smallest absolute Gasteiger partial charge is 0.360 e. The summed E-state index contributed by atoms with van der Waals surface area (Å²) in [5, 5.41) is 0. The first-order valence-corrected chi connectivity index (χ1v) is 5.15. The molecule has 5 nitrogen and oxygen atoms in total. The van der Waals surface area contributed by atoms with Crippen molar-refractivity contribution in [1.82, 2.24) is 9.97 Å². The van der Waals surface area contributed by atoms with Crippen molar-refractivity contribution in [2.75, 3.05) is 12.8 Å². The van der Waals surface area contributed by atoms with Crippen molar-refractivity contribution in [3.05, 3.63) is 29.0 Å². The maximum absolute atomic E-state index is 11.4. The number of fused-ring (bicyclic) bond motifs is 1. The average molecular weight is 231 g/mol. The highest BCUT2D eigenvalue weighted by atomic mass is 16.5. The van der Waals surface area contributed by atoms with Gasteiger partial charge in [0.15, 0.2) is 11.5 Å². The summed E-state index contributed by atoms with van der Waals surface area (Å²) < 4.78 is 4.60. The summed E-state index contributed by atoms with van der Waals surface area (Å²) in [4.78, 5) is 19.8. The van der Waals surface area contributed by atoms with Crippen molar-refractivity contribution in [1.29, 1.82) is 0 Å². The lowest BCUT2D eigenvalue weighted by molar-refractivity contribution is 0.0595. The number of nitrogen functional groups attached to an aromatic ring is 1. The van der Waals surface area contributed by atoms with Crippen LogP contribution in [0.5, 0.6) is 0 Å². The number of aryl methyl sites for hydroxylation is 2. The number of hydrogen-bond donors (Lipinski definition) is 1. The van der Waals surface area contributed by atoms with E-state index in [0.29, 0.717) is 11.0 Å². The van der Waals surface area contributed by atoms with Crippen LogP contribution >= 0.6 is 0 Å². The molecule has 1 heterocycles. The molecule has 17 heavy (non-hydrogen) atoms. The van der Waals surface area contributed by atoms with E-state index in [1.807, 2.05) is 26.0 Å². The van der Waals surface area contributed by atoms with Crippen LogP contribution in [0.3, 0.4) is 0 Å². The third-order valence-corrected chi connectivity index (χ3v) is 2.69. The van der Waals surface area contributed by atoms with Gasteiger partial charge in [-0.1, -0.05) is 0 Å². The van der Waals surface area contributed by atoms with Gasteiger partial charge in [0, 0.05) is 0 Å². The Bertz CT molecular complexity index is 608. The first-order valence-electron chi connectivity index (χ1n) is 5.15. The summed E-state index contributed by atoms with van der Waals surface area (Å²) in [7, 11) is 1.29. The molecule has 0 amide bonds. The number of rotatable bonds is 1. The zero-order valence-electron chi connectivity index (χ0n) is 9.94. The summed E-state index contributed by atoms with van der Waals surface area (Å²) in [6.07, 6.45) is 0. The normalized spacial score (nSPS) is 10.5. The molecule has 1 aromatic carbocycles. The number of nitrogens with two attached hydrogens (primary N) is 1. The van der Waals surface area contributed by atoms with Gasteiger partial charge in [0.1, 0.15) is 0 Å². The molecular weight excluding hydrogens is 218 g/mol. The highest BCUT2D eigenvalue weighted by Gasteiger charge is 2.15. The van der Waals surface area contributed by atoms with Gasteiger partial charge >= 0.3 is 5.97 Å². The molecule has 0 atom stereocenters. The molecule has 0 saturated heterocycles. The summed E-state index contributed by atoms with van der Waals surface area (Å²) in [5.74, 6) is -0.484. The van der Waals surface area contributed by atoms with E-state index in [1.165, 1.54) is 7.11 Å². The standard InChI is InChI=1S/C12H13N3O2/c1-6-4-8-9(5-7(6)2)15-11(13)10(14-8)12(16)17-3/h4-5H,1-3H3,(H2,13,15). The third-order valence-electron chi connectivity index (χ3n) is 2.69. The molecule has 2 rings (SSSR count). The lowest BCUT2D eigenvalue weighted by Gasteiger charge is -2.06. The molecule has 88 valence electrons. The number of methoxy groups -OCH3 is 1. The number of ether oxygens (including phenoxy) is 1. The van der Waals surface area contributed by atoms with E-state index in [1.54, 1.807) is 0 Å². The Labute approximate surface area is 98.6 Å². The van der Waals surface area contributed by atoms with E-state index in [9.17, 15) is 4.79 Å². The SMILES string of the molecule is COC(=O)c1nc2cc(C)c(C)cc2nc1N. The molecule has 0 aliphatic rings. The minimum atomic E-state index is -0.574. The molecule has 0 aliphatic heterocycles. The predicted molar refractivity (Wildman–Crippen MR) is 64.8 cm³/mol. The maximum atomic E-state index is 11.4. The first kappa shape index (κ1) is 11.3. The van der Waals surface area contributed by atoms with Gasteiger partial charge < -0.3 is 10.5 Å². The Hall–Kier alpha value is -2.17. The molecule has 2 aromatic rings. The monoisotopic (exact) mass is 231 g/mol. The molecular formula is C12H13N3O2. The molecule has 0 radical (unpaired) electrons. The molecule has 0 spiro atoms. The van der Waals surface area contributed by atoms with Gasteiger partial charge in [-0.15, -0.1) is 0 Å². The van der Waals surface area contributed by atoms with Crippen LogP contribution in [0.15, 0.2) is 12.1 Å². The van der Waals surface area contributed by atoms with Crippen molar-refractivity contribution in [3.8, 4) is 0 Å². The Morgan fingerprint density at radius 2 is 1.71 bits per heavy atom. The van der Waals surface area contributed by atoms with Crippen LogP contribution < -0.4 is 5.73 Å². The van der Waals surface area contributed by atoms with Gasteiger partial charge in [0.05, 0.1) is 18.1 Å². The molecule has 2 N–H and O–H groups in total. The van der Waals surface area contributed by atoms with E-state index in [4.69, 9.17) is 5.73 Å². The van der Waals surface area contributed by atoms with E-state index in [0.717, 1.165) is 11.1 Å². The Balaban J connectivity index is 2.71. The molecule has 0 bridgehead atoms. The van der Waals surface area contributed by atoms with E-state index >= 15 is 0 Å². The molecule has 5 heteroatoms. The van der Waals surface area contributed by atoms with E-state index in [-0.39, 0.29) is 11.5 Å². The molecule has 0 fully saturated rings. The Morgan fingerprint density at radius 3 is 2.24 bits per heavy atom. The van der Waals surface area contributed by atoms with Crippen LogP contribution in [0.1, 0.15) is 21.6 Å². The summed E-state index contributed by atoms with van der Waals surface area (Å²) in [6, 6.07) is 3.78. The number of aromatic nitrogens is 2. The lowest BCUT2D eigenvalue weighted by atomic mass is 10.1. The lowest BCUT2D eigenvalue weighted by Crippen LogP contribution is -2.10. The number of carbonyl (C=O) groups is 1. The van der Waals surface area contributed by atoms with Crippen molar-refractivity contribution in [3.63, 3.8) is 0 Å². The van der Waals surface area contributed by atoms with Crippen LogP contribution in [-0.4, -0.2) is 23.0 Å². The number of hydrogen-bond acceptors (Lipinski definition) is 5. The van der Waals surface area contributed by atoms with Gasteiger partial charge in [0.25, 0.3) is 0 Å². The molecule has 1 aromatic heterocycles. The Morgan fingerprint density at radius 1 is 1.18 bits per heavy atom. The molecule has 0 unspecified atom stereocenters. The van der Waals surface area contributed by atoms with Crippen LogP contribution in [0, 0.1) is 13.8 Å². The van der Waals surface area contributed by atoms with Gasteiger partial charge in [-0.25, -0.2) is 14.8 Å². The van der Waals surface area contributed by atoms with E-state index < -0.39 is 5.97 Å². The van der Waals surface area contributed by atoms with Gasteiger partial charge in [-0.2, -0.15) is 0 Å². The van der Waals surface area contributed by atoms with Crippen molar-refractivity contribution in [2.45, 2.75) is 13.8 Å². The fourth-order valence-corrected chi connectivity index (χ4v) is 1.57. The maximum Gasteiger partial charge on any atom is 0.360 e. The van der Waals surface area contributed by atoms with Crippen molar-refractivity contribution < 1.29 is 9.53 Å². The van der Waals surface area contributed by atoms with Gasteiger partial charge in [0.2, 0.25) is 0 Å². The van der Waals surface area contributed by atoms with Crippen molar-refractivity contribution >= 4 is 22.8 Å². The zero-order chi connectivity index (χ0) is 12.6. The van der Waals surface area contributed by atoms with Crippen LogP contribution in [0.25, 0.3) is 11.0 Å². The minimum absolute atomic E-state index is 0.0586. The highest BCUT2D eigenvalue weighted by Crippen LogP contribution is 2.19. The molecule has 0 saturated carbocycles. The summed E-state index contributed by atoms with van der Waals surface area (Å²) >= 11 is 0. The number of nitrogens with zero attached hydrogens (tertiary/aromatic N) is 2. The molecule has 0 aliphatic carbocycles. The van der Waals surface area contributed by atoms with Crippen LogP contribution in [0.2, 0.25) is 0 Å². The fourth-order valence-electron chi connectivity index (χ4n) is 1.57. The number of anilines is 1. The van der Waals surface area contributed by atoms with Crippen molar-refractivity contribution in [2.24, 2.45) is 0 Å². The summed E-state index contributed by atoms with van der Waals surface area (Å²) in [6.45, 7) is 3.96. The number of benzene rings is 1. The first-order chi connectivity index (χ1) is 8.02. The average Bonchev–Trinajstić information content (AvgIpc) is 2.30. The van der Waals surface area contributed by atoms with Gasteiger partial charge in [-0.3, -0.25) is 0 Å². The number of carbonyl (C=O) groups excluding carboxylic acids is 1. The van der Waals surface area contributed by atoms with Crippen LogP contribution in [0.4, 0.5) is 5.82 Å². The topological polar surface area (TPSA) is 78.1 Å². The fraction of sp³-hybridized carbons (Fsp3) is 0.250. The predicted octanol–water partition coefficient (Wildman–Crippen LogP) is 1.62. The third kappa shape index (κ3) is 1.91. The van der Waals surface area contributed by atoms with E-state index in [2.05, 4.69) is 14.7 Å². The second kappa shape index (κ2) is 4.01. The summed E-state index contributed by atoms with van der Waals surface area (Å²) in [5.41, 5.74) is 9.25. The second-order valence-corrected chi connectivity index (χ2v) is 3.87. The highest BCUT2D eigenvalue weighted by molar-refractivity contribution is 5.94.